The van der Waals surface area contributed by atoms with Crippen molar-refractivity contribution in [3.63, 3.8) is 0 Å². The van der Waals surface area contributed by atoms with Crippen LogP contribution in [0, 0.1) is 6.92 Å². The number of nitrogens with zero attached hydrogens (tertiary/aromatic N) is 3. The van der Waals surface area contributed by atoms with Crippen LogP contribution in [0.15, 0.2) is 60.9 Å². The van der Waals surface area contributed by atoms with Crippen LogP contribution >= 0.6 is 11.6 Å². The van der Waals surface area contributed by atoms with Gasteiger partial charge < -0.3 is 29.7 Å². The Morgan fingerprint density at radius 1 is 0.805 bits per heavy atom. The lowest BCUT2D eigenvalue weighted by Gasteiger charge is -2.21. The van der Waals surface area contributed by atoms with Crippen molar-refractivity contribution in [2.75, 3.05) is 70.3 Å². The molecule has 9 nitrogen and oxygen atoms in total. The van der Waals surface area contributed by atoms with Crippen molar-refractivity contribution in [1.82, 2.24) is 14.9 Å². The minimum atomic E-state index is -0.404. The predicted molar refractivity (Wildman–Crippen MR) is 167 cm³/mol. The number of hydrogen-bond acceptors (Lipinski definition) is 8. The van der Waals surface area contributed by atoms with Gasteiger partial charge in [0.1, 0.15) is 0 Å². The van der Waals surface area contributed by atoms with Gasteiger partial charge in [0.15, 0.2) is 0 Å². The summed E-state index contributed by atoms with van der Waals surface area (Å²) >= 11 is 6.06. The summed E-state index contributed by atoms with van der Waals surface area (Å²) in [5.74, 6) is 0. The standard InChI is InChI=1S/C29H34ClN5O4.C2H6/c1-21-3-5-23-25(7-9-31-27(23)19-21)33-11-15-38-17-13-35(29(36)37-2)14-18-39-16-12-34-26-8-10-32-28-20-22(30)4-6-24(26)28;1-2/h3-10,19-20H,11-18H2,1-2H3,(H,31,33)(H,32,34);1-2H3. The molecule has 4 aromatic rings. The first-order valence-electron chi connectivity index (χ1n) is 13.9. The Morgan fingerprint density at radius 3 is 1.90 bits per heavy atom. The normalized spacial score (nSPS) is 10.7. The van der Waals surface area contributed by atoms with Crippen LogP contribution in [0.1, 0.15) is 19.4 Å². The van der Waals surface area contributed by atoms with Gasteiger partial charge in [-0.25, -0.2) is 4.79 Å². The molecule has 2 heterocycles. The number of aryl methyl sites for hydroxylation is 1. The van der Waals surface area contributed by atoms with Crippen molar-refractivity contribution in [2.45, 2.75) is 20.8 Å². The van der Waals surface area contributed by atoms with E-state index < -0.39 is 6.09 Å². The van der Waals surface area contributed by atoms with Crippen LogP contribution in [0.4, 0.5) is 16.2 Å². The fraction of sp³-hybridized carbons (Fsp3) is 0.387. The number of fused-ring (bicyclic) bond motifs is 2. The molecule has 2 N–H and O–H groups in total. The summed E-state index contributed by atoms with van der Waals surface area (Å²) in [6.07, 6.45) is 3.14. The molecule has 0 spiro atoms. The van der Waals surface area contributed by atoms with Gasteiger partial charge in [-0.15, -0.1) is 0 Å². The van der Waals surface area contributed by atoms with E-state index in [1.54, 1.807) is 17.3 Å². The summed E-state index contributed by atoms with van der Waals surface area (Å²) in [5.41, 5.74) is 4.96. The Kier molecular flexibility index (Phi) is 13.4. The first-order chi connectivity index (χ1) is 20.0. The number of pyridine rings is 2. The zero-order valence-electron chi connectivity index (χ0n) is 24.3. The summed E-state index contributed by atoms with van der Waals surface area (Å²) in [7, 11) is 1.37. The quantitative estimate of drug-likeness (QED) is 0.165. The van der Waals surface area contributed by atoms with E-state index in [0.29, 0.717) is 57.6 Å². The van der Waals surface area contributed by atoms with Crippen molar-refractivity contribution in [3.8, 4) is 0 Å². The van der Waals surface area contributed by atoms with E-state index in [0.717, 1.165) is 33.2 Å². The van der Waals surface area contributed by atoms with Gasteiger partial charge in [0.25, 0.3) is 0 Å². The number of halogens is 1. The van der Waals surface area contributed by atoms with Crippen LogP contribution < -0.4 is 10.6 Å². The average Bonchev–Trinajstić information content (AvgIpc) is 2.99. The first kappa shape index (κ1) is 31.9. The number of carbonyl (C=O) groups excluding carboxylic acids is 1. The van der Waals surface area contributed by atoms with Crippen molar-refractivity contribution in [3.05, 3.63) is 71.5 Å². The number of benzene rings is 2. The summed E-state index contributed by atoms with van der Waals surface area (Å²) in [6, 6.07) is 15.7. The molecule has 0 fully saturated rings. The van der Waals surface area contributed by atoms with E-state index >= 15 is 0 Å². The second-order valence-corrected chi connectivity index (χ2v) is 9.37. The molecule has 2 aromatic heterocycles. The molecule has 0 saturated carbocycles. The molecule has 220 valence electrons. The number of rotatable bonds is 14. The molecule has 0 atom stereocenters. The zero-order chi connectivity index (χ0) is 29.5. The van der Waals surface area contributed by atoms with E-state index in [4.69, 9.17) is 25.8 Å². The predicted octanol–water partition coefficient (Wildman–Crippen LogP) is 6.40. The molecular weight excluding hydrogens is 542 g/mol. The van der Waals surface area contributed by atoms with Crippen LogP contribution in [0.5, 0.6) is 0 Å². The van der Waals surface area contributed by atoms with Gasteiger partial charge in [-0.05, 0) is 48.9 Å². The smallest absolute Gasteiger partial charge is 0.409 e. The third kappa shape index (κ3) is 9.74. The van der Waals surface area contributed by atoms with E-state index in [9.17, 15) is 4.79 Å². The molecule has 4 rings (SSSR count). The molecule has 41 heavy (non-hydrogen) atoms. The number of nitrogens with one attached hydrogen (secondary N) is 2. The molecule has 0 unspecified atom stereocenters. The molecule has 0 radical (unpaired) electrons. The van der Waals surface area contributed by atoms with Gasteiger partial charge in [0, 0.05) is 65.7 Å². The minimum absolute atomic E-state index is 0.389. The summed E-state index contributed by atoms with van der Waals surface area (Å²) in [4.78, 5) is 22.5. The van der Waals surface area contributed by atoms with Gasteiger partial charge in [-0.3, -0.25) is 9.97 Å². The maximum Gasteiger partial charge on any atom is 0.409 e. The highest BCUT2D eigenvalue weighted by molar-refractivity contribution is 6.31. The van der Waals surface area contributed by atoms with Gasteiger partial charge in [-0.1, -0.05) is 37.6 Å². The molecule has 0 aliphatic heterocycles. The number of ether oxygens (including phenoxy) is 3. The van der Waals surface area contributed by atoms with Crippen molar-refractivity contribution in [2.24, 2.45) is 0 Å². The molecule has 0 aliphatic carbocycles. The average molecular weight is 582 g/mol. The molecular formula is C31H40ClN5O4. The van der Waals surface area contributed by atoms with Crippen molar-refractivity contribution >= 4 is 50.9 Å². The Morgan fingerprint density at radius 2 is 1.34 bits per heavy atom. The summed E-state index contributed by atoms with van der Waals surface area (Å²) < 4.78 is 16.4. The van der Waals surface area contributed by atoms with Crippen LogP contribution in [0.25, 0.3) is 21.8 Å². The lowest BCUT2D eigenvalue weighted by molar-refractivity contribution is 0.0676. The van der Waals surface area contributed by atoms with Crippen molar-refractivity contribution < 1.29 is 19.0 Å². The van der Waals surface area contributed by atoms with Crippen LogP contribution in [-0.4, -0.2) is 80.7 Å². The number of carbonyl (C=O) groups is 1. The lowest BCUT2D eigenvalue weighted by Crippen LogP contribution is -2.37. The summed E-state index contributed by atoms with van der Waals surface area (Å²) in [6.45, 7) is 9.90. The molecule has 0 saturated heterocycles. The molecule has 2 aromatic carbocycles. The number of amides is 1. The number of hydrogen-bond donors (Lipinski definition) is 2. The molecule has 10 heteroatoms. The monoisotopic (exact) mass is 581 g/mol. The molecule has 0 aliphatic rings. The number of methoxy groups -OCH3 is 1. The van der Waals surface area contributed by atoms with E-state index in [2.05, 4.69) is 45.7 Å². The highest BCUT2D eigenvalue weighted by Gasteiger charge is 2.13. The van der Waals surface area contributed by atoms with Gasteiger partial charge >= 0.3 is 6.09 Å². The molecule has 0 bridgehead atoms. The SMILES string of the molecule is CC.COC(=O)N(CCOCCNc1ccnc2cc(C)ccc12)CCOCCNc1ccnc2cc(Cl)ccc12. The maximum atomic E-state index is 12.2. The fourth-order valence-electron chi connectivity index (χ4n) is 4.18. The third-order valence-corrected chi connectivity index (χ3v) is 6.41. The Labute approximate surface area is 247 Å². The lowest BCUT2D eigenvalue weighted by atomic mass is 10.1. The second-order valence-electron chi connectivity index (χ2n) is 8.93. The van der Waals surface area contributed by atoms with E-state index in [1.807, 2.05) is 44.2 Å². The minimum Gasteiger partial charge on any atom is -0.453 e. The fourth-order valence-corrected chi connectivity index (χ4v) is 4.35. The van der Waals surface area contributed by atoms with Crippen LogP contribution in [0.3, 0.4) is 0 Å². The Balaban J connectivity index is 0.00000226. The largest absolute Gasteiger partial charge is 0.453 e. The van der Waals surface area contributed by atoms with E-state index in [1.165, 1.54) is 12.7 Å². The van der Waals surface area contributed by atoms with Crippen LogP contribution in [-0.2, 0) is 14.2 Å². The van der Waals surface area contributed by atoms with Gasteiger partial charge in [0.2, 0.25) is 0 Å². The Hall–Kier alpha value is -3.66. The number of aromatic nitrogens is 2. The maximum absolute atomic E-state index is 12.2. The Bertz CT molecular complexity index is 1290. The second kappa shape index (κ2) is 17.2. The van der Waals surface area contributed by atoms with Gasteiger partial charge in [-0.2, -0.15) is 0 Å². The first-order valence-corrected chi connectivity index (χ1v) is 14.3. The van der Waals surface area contributed by atoms with E-state index in [-0.39, 0.29) is 0 Å². The number of anilines is 2. The van der Waals surface area contributed by atoms with Gasteiger partial charge in [0.05, 0.1) is 44.6 Å². The highest BCUT2D eigenvalue weighted by Crippen LogP contribution is 2.24. The third-order valence-electron chi connectivity index (χ3n) is 6.17. The zero-order valence-corrected chi connectivity index (χ0v) is 25.0. The topological polar surface area (TPSA) is 97.8 Å². The summed E-state index contributed by atoms with van der Waals surface area (Å²) in [5, 5.41) is 9.50. The molecule has 1 amide bonds. The van der Waals surface area contributed by atoms with Crippen LogP contribution in [0.2, 0.25) is 5.02 Å². The highest BCUT2D eigenvalue weighted by atomic mass is 35.5. The van der Waals surface area contributed by atoms with Crippen molar-refractivity contribution in [1.29, 1.82) is 0 Å².